The summed E-state index contributed by atoms with van der Waals surface area (Å²) in [6.07, 6.45) is 4.25. The van der Waals surface area contributed by atoms with Crippen molar-refractivity contribution >= 4 is 29.3 Å². The fraction of sp³-hybridized carbons (Fsp3) is 0.417. The molecule has 0 aromatic heterocycles. The number of anilines is 1. The average Bonchev–Trinajstić information content (AvgIpc) is 3.29. The molecule has 2 heterocycles. The van der Waals surface area contributed by atoms with Crippen molar-refractivity contribution in [1.29, 1.82) is 0 Å². The third-order valence-corrected chi connectivity index (χ3v) is 6.88. The van der Waals surface area contributed by atoms with E-state index < -0.39 is 5.97 Å². The number of esters is 1. The molecule has 6 heteroatoms. The number of amides is 1. The topological polar surface area (TPSA) is 55.8 Å². The highest BCUT2D eigenvalue weighted by Gasteiger charge is 2.29. The summed E-state index contributed by atoms with van der Waals surface area (Å²) >= 11 is 1.60. The molecule has 2 unspecified atom stereocenters. The van der Waals surface area contributed by atoms with Crippen LogP contribution < -0.4 is 4.90 Å². The van der Waals surface area contributed by atoms with Crippen molar-refractivity contribution in [3.8, 4) is 0 Å². The Hall–Kier alpha value is -2.31. The van der Waals surface area contributed by atoms with Gasteiger partial charge in [0, 0.05) is 29.0 Å². The minimum absolute atomic E-state index is 0.0837. The van der Waals surface area contributed by atoms with Gasteiger partial charge < -0.3 is 14.4 Å². The number of para-hydroxylation sites is 1. The van der Waals surface area contributed by atoms with Crippen LogP contribution in [-0.4, -0.2) is 43.0 Å². The minimum Gasteiger partial charge on any atom is -0.452 e. The van der Waals surface area contributed by atoms with Gasteiger partial charge in [-0.1, -0.05) is 30.3 Å². The van der Waals surface area contributed by atoms with Crippen molar-refractivity contribution in [3.05, 3.63) is 59.7 Å². The Morgan fingerprint density at radius 1 is 1.13 bits per heavy atom. The Balaban J connectivity index is 1.39. The Labute approximate surface area is 181 Å². The van der Waals surface area contributed by atoms with Gasteiger partial charge in [-0.15, -0.1) is 11.8 Å². The number of benzene rings is 2. The number of thioether (sulfide) groups is 1. The first-order valence-corrected chi connectivity index (χ1v) is 11.5. The van der Waals surface area contributed by atoms with Gasteiger partial charge in [-0.2, -0.15) is 0 Å². The zero-order chi connectivity index (χ0) is 20.9. The van der Waals surface area contributed by atoms with Crippen LogP contribution >= 0.6 is 11.8 Å². The van der Waals surface area contributed by atoms with Crippen molar-refractivity contribution in [1.82, 2.24) is 0 Å². The van der Waals surface area contributed by atoms with Crippen molar-refractivity contribution in [2.75, 3.05) is 23.9 Å². The van der Waals surface area contributed by atoms with Crippen LogP contribution in [0.2, 0.25) is 0 Å². The van der Waals surface area contributed by atoms with Crippen LogP contribution in [0, 0.1) is 0 Å². The van der Waals surface area contributed by atoms with E-state index in [2.05, 4.69) is 6.07 Å². The van der Waals surface area contributed by atoms with E-state index in [1.807, 2.05) is 43.3 Å². The molecule has 1 amide bonds. The van der Waals surface area contributed by atoms with Crippen LogP contribution in [0.1, 0.15) is 42.1 Å². The molecule has 5 nitrogen and oxygen atoms in total. The maximum absolute atomic E-state index is 12.9. The second-order valence-corrected chi connectivity index (χ2v) is 8.86. The average molecular weight is 426 g/mol. The molecule has 1 saturated heterocycles. The van der Waals surface area contributed by atoms with Gasteiger partial charge in [-0.3, -0.25) is 4.79 Å². The highest BCUT2D eigenvalue weighted by atomic mass is 32.2. The first kappa shape index (κ1) is 20.9. The summed E-state index contributed by atoms with van der Waals surface area (Å²) < 4.78 is 11.1. The van der Waals surface area contributed by atoms with Crippen molar-refractivity contribution in [2.45, 2.75) is 49.6 Å². The first-order valence-electron chi connectivity index (χ1n) is 10.5. The summed E-state index contributed by atoms with van der Waals surface area (Å²) in [4.78, 5) is 28.3. The Bertz CT molecular complexity index is 910. The van der Waals surface area contributed by atoms with Crippen molar-refractivity contribution in [2.24, 2.45) is 0 Å². The van der Waals surface area contributed by atoms with E-state index in [0.29, 0.717) is 5.56 Å². The van der Waals surface area contributed by atoms with Gasteiger partial charge in [0.05, 0.1) is 11.7 Å². The molecule has 158 valence electrons. The maximum Gasteiger partial charge on any atom is 0.339 e. The van der Waals surface area contributed by atoms with E-state index >= 15 is 0 Å². The number of carbonyl (C=O) groups excluding carboxylic acids is 2. The molecule has 2 aromatic rings. The van der Waals surface area contributed by atoms with Crippen LogP contribution in [0.4, 0.5) is 5.69 Å². The number of hydrogen-bond donors (Lipinski definition) is 0. The SMILES string of the molecule is CC1CCc2ccccc2N1C(=O)COC(=O)c1ccccc1SCC1CCCO1. The molecule has 2 aromatic carbocycles. The fourth-order valence-corrected chi connectivity index (χ4v) is 5.17. The summed E-state index contributed by atoms with van der Waals surface area (Å²) in [6, 6.07) is 15.4. The van der Waals surface area contributed by atoms with Gasteiger partial charge in [0.2, 0.25) is 0 Å². The molecular formula is C24H27NO4S. The quantitative estimate of drug-likeness (QED) is 0.504. The van der Waals surface area contributed by atoms with Crippen LogP contribution in [0.25, 0.3) is 0 Å². The lowest BCUT2D eigenvalue weighted by atomic mass is 9.96. The normalized spacial score (nSPS) is 20.6. The second kappa shape index (κ2) is 9.67. The van der Waals surface area contributed by atoms with E-state index in [0.717, 1.165) is 54.2 Å². The highest BCUT2D eigenvalue weighted by Crippen LogP contribution is 2.31. The lowest BCUT2D eigenvalue weighted by Crippen LogP contribution is -2.44. The number of nitrogens with zero attached hydrogens (tertiary/aromatic N) is 1. The van der Waals surface area contributed by atoms with E-state index in [4.69, 9.17) is 9.47 Å². The predicted molar refractivity (Wildman–Crippen MR) is 118 cm³/mol. The van der Waals surface area contributed by atoms with Crippen LogP contribution in [-0.2, 0) is 20.7 Å². The molecule has 30 heavy (non-hydrogen) atoms. The molecule has 0 N–H and O–H groups in total. The lowest BCUT2D eigenvalue weighted by molar-refractivity contribution is -0.122. The Morgan fingerprint density at radius 2 is 1.93 bits per heavy atom. The number of ether oxygens (including phenoxy) is 2. The zero-order valence-corrected chi connectivity index (χ0v) is 18.0. The zero-order valence-electron chi connectivity index (χ0n) is 17.2. The maximum atomic E-state index is 12.9. The van der Waals surface area contributed by atoms with Crippen molar-refractivity contribution in [3.63, 3.8) is 0 Å². The Morgan fingerprint density at radius 3 is 2.77 bits per heavy atom. The third-order valence-electron chi connectivity index (χ3n) is 5.67. The second-order valence-electron chi connectivity index (χ2n) is 7.80. The Kier molecular flexibility index (Phi) is 6.75. The van der Waals surface area contributed by atoms with Crippen molar-refractivity contribution < 1.29 is 19.1 Å². The fourth-order valence-electron chi connectivity index (χ4n) is 4.06. The molecule has 4 rings (SSSR count). The molecule has 0 radical (unpaired) electrons. The predicted octanol–water partition coefficient (Wildman–Crippen LogP) is 4.48. The minimum atomic E-state index is -0.461. The van der Waals surface area contributed by atoms with Crippen LogP contribution in [0.3, 0.4) is 0 Å². The summed E-state index contributed by atoms with van der Waals surface area (Å²) in [7, 11) is 0. The van der Waals surface area contributed by atoms with Gasteiger partial charge >= 0.3 is 5.97 Å². The van der Waals surface area contributed by atoms with Gasteiger partial charge in [-0.05, 0) is 56.4 Å². The molecule has 0 spiro atoms. The lowest BCUT2D eigenvalue weighted by Gasteiger charge is -2.35. The van der Waals surface area contributed by atoms with Crippen LogP contribution in [0.15, 0.2) is 53.4 Å². The molecule has 0 saturated carbocycles. The van der Waals surface area contributed by atoms with Gasteiger partial charge in [0.25, 0.3) is 5.91 Å². The van der Waals surface area contributed by atoms with Gasteiger partial charge in [0.15, 0.2) is 6.61 Å². The van der Waals surface area contributed by atoms with E-state index in [1.54, 1.807) is 22.7 Å². The number of carbonyl (C=O) groups is 2. The standard InChI is InChI=1S/C24H27NO4S/c1-17-12-13-18-7-2-4-10-21(18)25(17)23(26)15-29-24(27)20-9-3-5-11-22(20)30-16-19-8-6-14-28-19/h2-5,7,9-11,17,19H,6,8,12-16H2,1H3. The summed E-state index contributed by atoms with van der Waals surface area (Å²) in [6.45, 7) is 2.59. The van der Waals surface area contributed by atoms with Gasteiger partial charge in [-0.25, -0.2) is 4.79 Å². The van der Waals surface area contributed by atoms with Gasteiger partial charge in [0.1, 0.15) is 0 Å². The molecule has 2 aliphatic heterocycles. The number of aryl methyl sites for hydroxylation is 1. The molecule has 1 fully saturated rings. The number of hydrogen-bond acceptors (Lipinski definition) is 5. The molecular weight excluding hydrogens is 398 g/mol. The van der Waals surface area contributed by atoms with E-state index in [-0.39, 0.29) is 24.7 Å². The smallest absolute Gasteiger partial charge is 0.339 e. The highest BCUT2D eigenvalue weighted by molar-refractivity contribution is 7.99. The largest absolute Gasteiger partial charge is 0.452 e. The molecule has 0 aliphatic carbocycles. The molecule has 2 aliphatic rings. The monoisotopic (exact) mass is 425 g/mol. The summed E-state index contributed by atoms with van der Waals surface area (Å²) in [5.41, 5.74) is 2.58. The summed E-state index contributed by atoms with van der Waals surface area (Å²) in [5, 5.41) is 0. The number of rotatable bonds is 6. The molecule has 2 atom stereocenters. The van der Waals surface area contributed by atoms with Crippen LogP contribution in [0.5, 0.6) is 0 Å². The van der Waals surface area contributed by atoms with E-state index in [9.17, 15) is 9.59 Å². The third kappa shape index (κ3) is 4.71. The summed E-state index contributed by atoms with van der Waals surface area (Å²) in [5.74, 6) is 0.162. The van der Waals surface area contributed by atoms with E-state index in [1.165, 1.54) is 0 Å². The first-order chi connectivity index (χ1) is 14.6. The number of fused-ring (bicyclic) bond motifs is 1. The molecule has 0 bridgehead atoms.